The maximum absolute atomic E-state index is 13.8. The number of aliphatic carboxylic acids is 1. The fourth-order valence-corrected chi connectivity index (χ4v) is 8.02. The molecular weight excluding hydrogens is 999 g/mol. The molecule has 2 aliphatic rings. The van der Waals surface area contributed by atoms with Crippen LogP contribution in [0.25, 0.3) is 0 Å². The zero-order valence-electron chi connectivity index (χ0n) is 41.5. The molecular formula is C45H67N11O19. The van der Waals surface area contributed by atoms with Gasteiger partial charge in [0.1, 0.15) is 66.2 Å². The highest BCUT2D eigenvalue weighted by molar-refractivity contribution is 6.00. The molecule has 0 radical (unpaired) electrons. The van der Waals surface area contributed by atoms with Gasteiger partial charge in [0.2, 0.25) is 65.0 Å². The molecule has 2 fully saturated rings. The van der Waals surface area contributed by atoms with Crippen LogP contribution in [0.15, 0.2) is 24.3 Å². The lowest BCUT2D eigenvalue weighted by molar-refractivity contribution is -0.145. The average molecular weight is 1070 g/mol. The Morgan fingerprint density at radius 1 is 0.573 bits per heavy atom. The number of hydrogen-bond acceptors (Lipinski definition) is 18. The van der Waals surface area contributed by atoms with Crippen LogP contribution in [0.1, 0.15) is 65.4 Å². The number of aliphatic hydroxyl groups is 5. The van der Waals surface area contributed by atoms with E-state index < -0.39 is 170 Å². The first-order valence-electron chi connectivity index (χ1n) is 23.7. The molecule has 0 saturated carbocycles. The van der Waals surface area contributed by atoms with E-state index in [1.54, 1.807) is 0 Å². The first-order chi connectivity index (χ1) is 35.2. The number of amides is 11. The topological polar surface area (TPSA) is 475 Å². The van der Waals surface area contributed by atoms with E-state index >= 15 is 0 Å². The Morgan fingerprint density at radius 3 is 1.47 bits per heavy atom. The predicted octanol–water partition coefficient (Wildman–Crippen LogP) is -8.47. The summed E-state index contributed by atoms with van der Waals surface area (Å²) >= 11 is 0. The van der Waals surface area contributed by atoms with Crippen LogP contribution in [-0.2, 0) is 64.0 Å². The Balaban J connectivity index is 1.76. The van der Waals surface area contributed by atoms with Gasteiger partial charge in [-0.05, 0) is 64.2 Å². The van der Waals surface area contributed by atoms with E-state index in [1.165, 1.54) is 31.2 Å². The van der Waals surface area contributed by atoms with Crippen molar-refractivity contribution in [1.29, 1.82) is 0 Å². The van der Waals surface area contributed by atoms with Crippen LogP contribution in [0, 0.1) is 0 Å². The molecule has 2 heterocycles. The smallest absolute Gasteiger partial charge is 0.305 e. The van der Waals surface area contributed by atoms with Gasteiger partial charge >= 0.3 is 5.97 Å². The lowest BCUT2D eigenvalue weighted by atomic mass is 10.0. The molecule has 17 N–H and O–H groups in total. The number of phenolic OH excluding ortho intramolecular Hbond substituents is 1. The second-order valence-corrected chi connectivity index (χ2v) is 18.0. The molecule has 30 heteroatoms. The van der Waals surface area contributed by atoms with Crippen molar-refractivity contribution in [3.63, 3.8) is 0 Å². The second kappa shape index (κ2) is 28.8. The molecule has 1 aromatic rings. The number of aliphatic hydroxyl groups excluding tert-OH is 5. The van der Waals surface area contributed by atoms with E-state index in [4.69, 9.17) is 5.73 Å². The number of likely N-dealkylation sites (tertiary alicyclic amines) is 2. The van der Waals surface area contributed by atoms with Crippen LogP contribution in [0.4, 0.5) is 0 Å². The molecule has 2 saturated heterocycles. The van der Waals surface area contributed by atoms with Gasteiger partial charge < -0.3 is 93.8 Å². The van der Waals surface area contributed by atoms with Crippen LogP contribution >= 0.6 is 0 Å². The molecule has 0 aliphatic carbocycles. The lowest BCUT2D eigenvalue weighted by Crippen LogP contribution is -2.63. The lowest BCUT2D eigenvalue weighted by Gasteiger charge is -2.32. The molecule has 3 rings (SSSR count). The minimum absolute atomic E-state index is 0.0102. The first kappa shape index (κ1) is 61.8. The molecule has 75 heavy (non-hydrogen) atoms. The van der Waals surface area contributed by atoms with E-state index in [9.17, 15) is 93.3 Å². The molecule has 12 atom stereocenters. The van der Waals surface area contributed by atoms with Gasteiger partial charge in [-0.25, -0.2) is 0 Å². The van der Waals surface area contributed by atoms with Crippen molar-refractivity contribution in [1.82, 2.24) is 52.3 Å². The maximum Gasteiger partial charge on any atom is 0.305 e. The number of benzene rings is 1. The third kappa shape index (κ3) is 17.8. The number of hydrogen-bond donors (Lipinski definition) is 16. The third-order valence-corrected chi connectivity index (χ3v) is 12.1. The van der Waals surface area contributed by atoms with Crippen molar-refractivity contribution < 1.29 is 93.3 Å². The van der Waals surface area contributed by atoms with Crippen LogP contribution < -0.4 is 48.3 Å². The molecule has 0 unspecified atom stereocenters. The summed E-state index contributed by atoms with van der Waals surface area (Å²) in [5, 5.41) is 88.3. The Hall–Kier alpha value is -7.54. The summed E-state index contributed by atoms with van der Waals surface area (Å²) in [6.45, 7) is 1.43. The normalized spacial score (nSPS) is 19.2. The number of carboxylic acids is 1. The summed E-state index contributed by atoms with van der Waals surface area (Å²) in [5.41, 5.74) is 5.59. The summed E-state index contributed by atoms with van der Waals surface area (Å²) in [7, 11) is 0. The zero-order chi connectivity index (χ0) is 56.4. The Labute approximate surface area is 428 Å². The number of carboxylic acid groups (broad SMARTS) is 1. The summed E-state index contributed by atoms with van der Waals surface area (Å²) in [4.78, 5) is 159. The van der Waals surface area contributed by atoms with E-state index in [-0.39, 0.29) is 38.1 Å². The number of rotatable bonds is 27. The van der Waals surface area contributed by atoms with Gasteiger partial charge in [-0.1, -0.05) is 12.1 Å². The second-order valence-electron chi connectivity index (χ2n) is 18.0. The molecule has 416 valence electrons. The highest BCUT2D eigenvalue weighted by atomic mass is 16.4. The SMILES string of the molecule is CC(=O)N[C@@H](CO)C(=O)N1CCC[C@H]1C(=O)N[C@@H](Cc1ccc(O)cc1)C(=O)N[C@@H](CO)C(=O)N[C@@H](CO)C(=O)N[C@@H](CC(=O)O)C(=O)N[C@H](C(=O)N[C@H](C(=O)N1CCC[C@H]1C(=O)N[C@@H](C)C(N)=O)[C@@H](C)O)[C@@H](C)O. The Bertz CT molecular complexity index is 2270. The molecule has 11 amide bonds. The molecule has 0 spiro atoms. The van der Waals surface area contributed by atoms with E-state index in [1.807, 2.05) is 10.6 Å². The quantitative estimate of drug-likeness (QED) is 0.0389. The standard InChI is InChI=1S/C45H67N11O19/c1-20(36(46)66)47-41(71)31-7-6-14-56(31)45(75)35(22(3)61)54-43(73)34(21(2)60)53-38(68)27(16-33(64)65)49-39(69)28(17-57)52-40(70)29(18-58)51-37(67)26(15-24-9-11-25(63)12-10-24)50-42(72)32-8-5-13-55(32)44(74)30(19-59)48-23(4)62/h9-12,20-22,26-32,34-35,57-61,63H,5-8,13-19H2,1-4H3,(H2,46,66)(H,47,71)(H,48,62)(H,49,69)(H,50,72)(H,51,67)(H,52,70)(H,53,68)(H,54,73)(H,64,65)/t20-,21+,22+,26-,27-,28-,29-,30-,31-,32-,34-,35-/m0/s1. The molecule has 0 aromatic heterocycles. The van der Waals surface area contributed by atoms with Crippen LogP contribution in [0.2, 0.25) is 0 Å². The number of carbonyl (C=O) groups is 12. The minimum atomic E-state index is -2.11. The van der Waals surface area contributed by atoms with Gasteiger partial charge in [-0.2, -0.15) is 0 Å². The van der Waals surface area contributed by atoms with Crippen molar-refractivity contribution in [3.05, 3.63) is 29.8 Å². The fourth-order valence-electron chi connectivity index (χ4n) is 8.02. The Morgan fingerprint density at radius 2 is 1.01 bits per heavy atom. The number of primary amides is 1. The number of aromatic hydroxyl groups is 1. The number of carbonyl (C=O) groups excluding carboxylic acids is 11. The van der Waals surface area contributed by atoms with Crippen LogP contribution in [-0.4, -0.2) is 222 Å². The fraction of sp³-hybridized carbons (Fsp3) is 0.600. The minimum Gasteiger partial charge on any atom is -0.508 e. The molecule has 30 nitrogen and oxygen atoms in total. The third-order valence-electron chi connectivity index (χ3n) is 12.1. The Kier molecular flexibility index (Phi) is 23.7. The van der Waals surface area contributed by atoms with Crippen molar-refractivity contribution in [3.8, 4) is 5.75 Å². The van der Waals surface area contributed by atoms with E-state index in [2.05, 4.69) is 31.9 Å². The molecule has 1 aromatic carbocycles. The van der Waals surface area contributed by atoms with E-state index in [0.29, 0.717) is 18.4 Å². The number of nitrogens with zero attached hydrogens (tertiary/aromatic N) is 2. The number of nitrogens with two attached hydrogens (primary N) is 1. The van der Waals surface area contributed by atoms with Crippen molar-refractivity contribution in [2.75, 3.05) is 32.9 Å². The zero-order valence-corrected chi connectivity index (χ0v) is 41.5. The van der Waals surface area contributed by atoms with E-state index in [0.717, 1.165) is 30.6 Å². The highest BCUT2D eigenvalue weighted by Crippen LogP contribution is 2.21. The van der Waals surface area contributed by atoms with Gasteiger partial charge in [-0.3, -0.25) is 57.5 Å². The van der Waals surface area contributed by atoms with Crippen molar-refractivity contribution >= 4 is 70.9 Å². The van der Waals surface area contributed by atoms with Gasteiger partial charge in [0, 0.05) is 26.4 Å². The van der Waals surface area contributed by atoms with Gasteiger partial charge in [0.05, 0.1) is 38.4 Å². The predicted molar refractivity (Wildman–Crippen MR) is 254 cm³/mol. The monoisotopic (exact) mass is 1070 g/mol. The van der Waals surface area contributed by atoms with Crippen molar-refractivity contribution in [2.24, 2.45) is 5.73 Å². The van der Waals surface area contributed by atoms with Gasteiger partial charge in [0.15, 0.2) is 0 Å². The van der Waals surface area contributed by atoms with Crippen LogP contribution in [0.3, 0.4) is 0 Å². The first-order valence-corrected chi connectivity index (χ1v) is 23.7. The summed E-state index contributed by atoms with van der Waals surface area (Å²) in [6.07, 6.45) is -4.05. The van der Waals surface area contributed by atoms with Crippen molar-refractivity contribution in [2.45, 2.75) is 139 Å². The summed E-state index contributed by atoms with van der Waals surface area (Å²) in [5.74, 6) is -13.2. The summed E-state index contributed by atoms with van der Waals surface area (Å²) < 4.78 is 0. The summed E-state index contributed by atoms with van der Waals surface area (Å²) in [6, 6.07) is -10.8. The maximum atomic E-state index is 13.8. The van der Waals surface area contributed by atoms with Crippen LogP contribution in [0.5, 0.6) is 5.75 Å². The van der Waals surface area contributed by atoms with Gasteiger partial charge in [0.25, 0.3) is 0 Å². The molecule has 0 bridgehead atoms. The highest BCUT2D eigenvalue weighted by Gasteiger charge is 2.43. The number of phenols is 1. The largest absolute Gasteiger partial charge is 0.508 e. The average Bonchev–Trinajstić information content (AvgIpc) is 4.06. The van der Waals surface area contributed by atoms with Gasteiger partial charge in [-0.15, -0.1) is 0 Å². The number of nitrogens with one attached hydrogen (secondary N) is 8. The molecule has 2 aliphatic heterocycles.